The SMILES string of the molecule is CC1COCCC1N[C@@H]1CCC(C(=O)NCc2cc(C3CC3)cc(C(F)(F)F)c2)C1.CO. The van der Waals surface area contributed by atoms with E-state index in [0.29, 0.717) is 23.6 Å². The van der Waals surface area contributed by atoms with E-state index in [0.717, 1.165) is 70.5 Å². The second-order valence-electron chi connectivity index (χ2n) is 9.27. The number of carbonyl (C=O) groups is 1. The molecule has 0 spiro atoms. The Morgan fingerprint density at radius 2 is 1.88 bits per heavy atom. The second-order valence-corrected chi connectivity index (χ2v) is 9.27. The lowest BCUT2D eigenvalue weighted by molar-refractivity contribution is -0.137. The number of rotatable bonds is 6. The van der Waals surface area contributed by atoms with Gasteiger partial charge in [0.25, 0.3) is 0 Å². The summed E-state index contributed by atoms with van der Waals surface area (Å²) in [6.45, 7) is 3.88. The molecule has 1 heterocycles. The lowest BCUT2D eigenvalue weighted by Crippen LogP contribution is -2.45. The molecular formula is C24H35F3N2O3. The largest absolute Gasteiger partial charge is 0.416 e. The van der Waals surface area contributed by atoms with Gasteiger partial charge < -0.3 is 20.5 Å². The van der Waals surface area contributed by atoms with Crippen LogP contribution in [-0.4, -0.2) is 43.4 Å². The van der Waals surface area contributed by atoms with Crippen LogP contribution in [0.1, 0.15) is 68.1 Å². The molecule has 0 bridgehead atoms. The van der Waals surface area contributed by atoms with Gasteiger partial charge in [0.05, 0.1) is 12.2 Å². The van der Waals surface area contributed by atoms with Crippen LogP contribution in [0.5, 0.6) is 0 Å². The molecular weight excluding hydrogens is 421 g/mol. The number of halogens is 3. The van der Waals surface area contributed by atoms with E-state index in [-0.39, 0.29) is 24.3 Å². The zero-order valence-electron chi connectivity index (χ0n) is 18.9. The Bertz CT molecular complexity index is 767. The maximum absolute atomic E-state index is 13.2. The van der Waals surface area contributed by atoms with Gasteiger partial charge in [-0.15, -0.1) is 0 Å². The van der Waals surface area contributed by atoms with Crippen molar-refractivity contribution < 1.29 is 27.8 Å². The summed E-state index contributed by atoms with van der Waals surface area (Å²) in [4.78, 5) is 12.7. The molecule has 2 saturated carbocycles. The van der Waals surface area contributed by atoms with Gasteiger partial charge in [0, 0.05) is 38.3 Å². The number of ether oxygens (including phenoxy) is 1. The lowest BCUT2D eigenvalue weighted by atomic mass is 9.96. The van der Waals surface area contributed by atoms with E-state index in [1.54, 1.807) is 0 Å². The first-order chi connectivity index (χ1) is 15.3. The number of aliphatic hydroxyl groups excluding tert-OH is 1. The summed E-state index contributed by atoms with van der Waals surface area (Å²) in [5, 5.41) is 13.6. The fourth-order valence-electron chi connectivity index (χ4n) is 4.77. The number of alkyl halides is 3. The number of hydrogen-bond acceptors (Lipinski definition) is 4. The molecule has 2 aliphatic carbocycles. The Labute approximate surface area is 188 Å². The first-order valence-electron chi connectivity index (χ1n) is 11.6. The van der Waals surface area contributed by atoms with Crippen LogP contribution < -0.4 is 10.6 Å². The number of nitrogens with one attached hydrogen (secondary N) is 2. The van der Waals surface area contributed by atoms with Crippen LogP contribution in [0, 0.1) is 11.8 Å². The predicted molar refractivity (Wildman–Crippen MR) is 116 cm³/mol. The van der Waals surface area contributed by atoms with Crippen molar-refractivity contribution in [1.29, 1.82) is 0 Å². The van der Waals surface area contributed by atoms with Crippen LogP contribution >= 0.6 is 0 Å². The van der Waals surface area contributed by atoms with Crippen LogP contribution in [0.25, 0.3) is 0 Å². The van der Waals surface area contributed by atoms with Gasteiger partial charge >= 0.3 is 6.18 Å². The van der Waals surface area contributed by atoms with Gasteiger partial charge in [-0.05, 0) is 73.6 Å². The molecule has 0 aromatic heterocycles. The fourth-order valence-corrected chi connectivity index (χ4v) is 4.77. The molecule has 1 amide bonds. The van der Waals surface area contributed by atoms with E-state index in [1.807, 2.05) is 6.07 Å². The molecule has 4 atom stereocenters. The van der Waals surface area contributed by atoms with E-state index in [9.17, 15) is 18.0 Å². The van der Waals surface area contributed by atoms with Gasteiger partial charge in [-0.25, -0.2) is 0 Å². The molecule has 8 heteroatoms. The summed E-state index contributed by atoms with van der Waals surface area (Å²) in [6.07, 6.45) is 1.06. The van der Waals surface area contributed by atoms with Crippen molar-refractivity contribution in [3.05, 3.63) is 34.9 Å². The zero-order valence-corrected chi connectivity index (χ0v) is 18.9. The maximum Gasteiger partial charge on any atom is 0.416 e. The summed E-state index contributed by atoms with van der Waals surface area (Å²) in [5.41, 5.74) is 0.653. The Kier molecular flexibility index (Phi) is 8.58. The van der Waals surface area contributed by atoms with Crippen LogP contribution in [0.3, 0.4) is 0 Å². The van der Waals surface area contributed by atoms with Gasteiger partial charge in [0.15, 0.2) is 0 Å². The van der Waals surface area contributed by atoms with Crippen molar-refractivity contribution in [1.82, 2.24) is 10.6 Å². The van der Waals surface area contributed by atoms with Crippen molar-refractivity contribution in [2.24, 2.45) is 11.8 Å². The van der Waals surface area contributed by atoms with Crippen molar-refractivity contribution in [3.8, 4) is 0 Å². The third kappa shape index (κ3) is 6.68. The highest BCUT2D eigenvalue weighted by Gasteiger charge is 2.35. The molecule has 3 fully saturated rings. The highest BCUT2D eigenvalue weighted by atomic mass is 19.4. The van der Waals surface area contributed by atoms with Gasteiger partial charge in [-0.1, -0.05) is 13.0 Å². The molecule has 1 aromatic rings. The summed E-state index contributed by atoms with van der Waals surface area (Å²) >= 11 is 0. The van der Waals surface area contributed by atoms with E-state index >= 15 is 0 Å². The highest BCUT2D eigenvalue weighted by molar-refractivity contribution is 5.79. The summed E-state index contributed by atoms with van der Waals surface area (Å²) < 4.78 is 45.2. The molecule has 32 heavy (non-hydrogen) atoms. The van der Waals surface area contributed by atoms with Crippen molar-refractivity contribution >= 4 is 5.91 Å². The average Bonchev–Trinajstić information content (AvgIpc) is 3.53. The van der Waals surface area contributed by atoms with Crippen LogP contribution in [0.4, 0.5) is 13.2 Å². The van der Waals surface area contributed by atoms with Crippen molar-refractivity contribution in [2.45, 2.75) is 76.2 Å². The second kappa shape index (κ2) is 11.0. The van der Waals surface area contributed by atoms with E-state index in [4.69, 9.17) is 9.84 Å². The zero-order chi connectivity index (χ0) is 23.3. The molecule has 4 rings (SSSR count). The van der Waals surface area contributed by atoms with E-state index < -0.39 is 11.7 Å². The monoisotopic (exact) mass is 456 g/mol. The molecule has 180 valence electrons. The molecule has 0 radical (unpaired) electrons. The fraction of sp³-hybridized carbons (Fsp3) is 0.708. The first-order valence-corrected chi connectivity index (χ1v) is 11.6. The molecule has 1 aliphatic heterocycles. The summed E-state index contributed by atoms with van der Waals surface area (Å²) in [6, 6.07) is 4.99. The normalized spacial score (nSPS) is 28.1. The van der Waals surface area contributed by atoms with Crippen LogP contribution in [-0.2, 0) is 22.3 Å². The lowest BCUT2D eigenvalue weighted by Gasteiger charge is -2.32. The van der Waals surface area contributed by atoms with Crippen LogP contribution in [0.2, 0.25) is 0 Å². The minimum absolute atomic E-state index is 0.0512. The topological polar surface area (TPSA) is 70.6 Å². The average molecular weight is 457 g/mol. The quantitative estimate of drug-likeness (QED) is 0.605. The number of amides is 1. The Morgan fingerprint density at radius 1 is 1.12 bits per heavy atom. The van der Waals surface area contributed by atoms with Crippen LogP contribution in [0.15, 0.2) is 18.2 Å². The van der Waals surface area contributed by atoms with E-state index in [2.05, 4.69) is 17.6 Å². The third-order valence-corrected chi connectivity index (χ3v) is 6.75. The third-order valence-electron chi connectivity index (χ3n) is 6.75. The molecule has 1 saturated heterocycles. The first kappa shape index (κ1) is 25.0. The maximum atomic E-state index is 13.2. The Balaban J connectivity index is 0.00000141. The molecule has 3 unspecified atom stereocenters. The minimum Gasteiger partial charge on any atom is -0.400 e. The standard InChI is InChI=1S/C23H31F3N2O2.CH4O/c1-14-13-30-7-6-21(14)28-20-5-4-17(11-20)22(29)27-12-15-8-18(16-2-3-16)10-19(9-15)23(24,25)26;1-2/h8-10,14,16-17,20-21,28H,2-7,11-13H2,1H3,(H,27,29);2H,1H3/t14?,17?,20-,21?;/m1./s1. The van der Waals surface area contributed by atoms with Gasteiger partial charge in [0.2, 0.25) is 5.91 Å². The molecule has 1 aromatic carbocycles. The number of aliphatic hydroxyl groups is 1. The van der Waals surface area contributed by atoms with Gasteiger partial charge in [-0.3, -0.25) is 4.79 Å². The smallest absolute Gasteiger partial charge is 0.400 e. The van der Waals surface area contributed by atoms with Gasteiger partial charge in [0.1, 0.15) is 0 Å². The Morgan fingerprint density at radius 3 is 2.53 bits per heavy atom. The summed E-state index contributed by atoms with van der Waals surface area (Å²) in [7, 11) is 1.00. The number of hydrogen-bond donors (Lipinski definition) is 3. The number of carbonyl (C=O) groups excluding carboxylic acids is 1. The van der Waals surface area contributed by atoms with E-state index in [1.165, 1.54) is 6.07 Å². The minimum atomic E-state index is -4.37. The highest BCUT2D eigenvalue weighted by Crippen LogP contribution is 2.42. The predicted octanol–water partition coefficient (Wildman–Crippen LogP) is 3.99. The van der Waals surface area contributed by atoms with Crippen molar-refractivity contribution in [3.63, 3.8) is 0 Å². The Hall–Kier alpha value is -1.64. The van der Waals surface area contributed by atoms with Crippen molar-refractivity contribution in [2.75, 3.05) is 20.3 Å². The molecule has 3 aliphatic rings. The summed E-state index contributed by atoms with van der Waals surface area (Å²) in [5.74, 6) is 0.570. The molecule has 5 nitrogen and oxygen atoms in total. The number of benzene rings is 1. The van der Waals surface area contributed by atoms with Gasteiger partial charge in [-0.2, -0.15) is 13.2 Å². The molecule has 3 N–H and O–H groups in total.